The van der Waals surface area contributed by atoms with E-state index in [1.54, 1.807) is 16.8 Å². The van der Waals surface area contributed by atoms with Gasteiger partial charge in [-0.2, -0.15) is 5.26 Å². The van der Waals surface area contributed by atoms with Gasteiger partial charge < -0.3 is 4.57 Å². The normalized spacial score (nSPS) is 10.5. The lowest BCUT2D eigenvalue weighted by atomic mass is 10.1. The first kappa shape index (κ1) is 13.1. The average molecular weight is 275 g/mol. The third-order valence-electron chi connectivity index (χ3n) is 3.41. The van der Waals surface area contributed by atoms with Crippen LogP contribution in [0.1, 0.15) is 16.8 Å². The first-order valence-electron chi connectivity index (χ1n) is 6.64. The summed E-state index contributed by atoms with van der Waals surface area (Å²) in [6, 6.07) is 15.0. The van der Waals surface area contributed by atoms with Crippen LogP contribution in [0.25, 0.3) is 10.9 Å². The number of aromatic nitrogens is 2. The number of rotatable bonds is 2. The van der Waals surface area contributed by atoms with Crippen molar-refractivity contribution in [3.8, 4) is 6.07 Å². The van der Waals surface area contributed by atoms with E-state index in [4.69, 9.17) is 5.26 Å². The van der Waals surface area contributed by atoms with E-state index in [0.29, 0.717) is 6.54 Å². The molecule has 21 heavy (non-hydrogen) atoms. The summed E-state index contributed by atoms with van der Waals surface area (Å²) >= 11 is 0. The van der Waals surface area contributed by atoms with Crippen LogP contribution in [-0.2, 0) is 6.54 Å². The zero-order chi connectivity index (χ0) is 14.8. The van der Waals surface area contributed by atoms with Gasteiger partial charge in [0.2, 0.25) is 0 Å². The fraction of sp³-hybridized carbons (Fsp3) is 0.118. The van der Waals surface area contributed by atoms with Crippen LogP contribution in [0.15, 0.2) is 53.5 Å². The van der Waals surface area contributed by atoms with E-state index in [1.165, 1.54) is 6.07 Å². The second kappa shape index (κ2) is 5.22. The Morgan fingerprint density at radius 1 is 1.24 bits per heavy atom. The molecule has 0 amide bonds. The van der Waals surface area contributed by atoms with E-state index in [0.717, 1.165) is 22.2 Å². The summed E-state index contributed by atoms with van der Waals surface area (Å²) in [6.45, 7) is 2.36. The van der Waals surface area contributed by atoms with Crippen LogP contribution < -0.4 is 5.56 Å². The number of pyridine rings is 2. The van der Waals surface area contributed by atoms with Crippen LogP contribution in [0.2, 0.25) is 0 Å². The molecule has 0 N–H and O–H groups in total. The highest BCUT2D eigenvalue weighted by Gasteiger charge is 2.07. The average Bonchev–Trinajstić information content (AvgIpc) is 2.49. The van der Waals surface area contributed by atoms with E-state index in [9.17, 15) is 4.79 Å². The number of benzene rings is 1. The van der Waals surface area contributed by atoms with Gasteiger partial charge >= 0.3 is 0 Å². The third kappa shape index (κ3) is 2.41. The number of para-hydroxylation sites is 1. The van der Waals surface area contributed by atoms with Crippen LogP contribution >= 0.6 is 0 Å². The zero-order valence-corrected chi connectivity index (χ0v) is 11.6. The maximum atomic E-state index is 12.2. The molecular weight excluding hydrogens is 262 g/mol. The van der Waals surface area contributed by atoms with Crippen molar-refractivity contribution in [2.75, 3.05) is 0 Å². The van der Waals surface area contributed by atoms with Crippen LogP contribution in [0.3, 0.4) is 0 Å². The zero-order valence-electron chi connectivity index (χ0n) is 11.6. The summed E-state index contributed by atoms with van der Waals surface area (Å²) in [7, 11) is 0. The standard InChI is InChI=1S/C17H13N3O/c1-12-9-14(15-6-2-3-7-16(15)19-12)11-20-8-4-5-13(10-18)17(20)21/h2-9H,11H2,1H3. The van der Waals surface area contributed by atoms with Gasteiger partial charge in [0.05, 0.1) is 12.1 Å². The number of hydrogen-bond acceptors (Lipinski definition) is 3. The van der Waals surface area contributed by atoms with Gasteiger partial charge in [-0.15, -0.1) is 0 Å². The van der Waals surface area contributed by atoms with Crippen molar-refractivity contribution in [3.05, 3.63) is 75.8 Å². The summed E-state index contributed by atoms with van der Waals surface area (Å²) in [6.07, 6.45) is 1.70. The van der Waals surface area contributed by atoms with Gasteiger partial charge in [0, 0.05) is 17.3 Å². The summed E-state index contributed by atoms with van der Waals surface area (Å²) in [5.74, 6) is 0. The van der Waals surface area contributed by atoms with Gasteiger partial charge in [0.25, 0.3) is 5.56 Å². The molecular formula is C17H13N3O. The molecule has 0 spiro atoms. The minimum Gasteiger partial charge on any atom is -0.310 e. The van der Waals surface area contributed by atoms with Crippen LogP contribution in [0.5, 0.6) is 0 Å². The van der Waals surface area contributed by atoms with E-state index in [1.807, 2.05) is 43.3 Å². The largest absolute Gasteiger partial charge is 0.310 e. The Labute approximate surface area is 121 Å². The Morgan fingerprint density at radius 3 is 2.86 bits per heavy atom. The third-order valence-corrected chi connectivity index (χ3v) is 3.41. The predicted octanol–water partition coefficient (Wildman–Crippen LogP) is 2.62. The van der Waals surface area contributed by atoms with Crippen molar-refractivity contribution in [2.24, 2.45) is 0 Å². The lowest BCUT2D eigenvalue weighted by Crippen LogP contribution is -2.22. The second-order valence-corrected chi connectivity index (χ2v) is 4.91. The Kier molecular flexibility index (Phi) is 3.25. The van der Waals surface area contributed by atoms with Crippen molar-refractivity contribution in [2.45, 2.75) is 13.5 Å². The lowest BCUT2D eigenvalue weighted by Gasteiger charge is -2.10. The van der Waals surface area contributed by atoms with E-state index >= 15 is 0 Å². The second-order valence-electron chi connectivity index (χ2n) is 4.91. The molecule has 2 aromatic heterocycles. The van der Waals surface area contributed by atoms with Crippen LogP contribution in [-0.4, -0.2) is 9.55 Å². The summed E-state index contributed by atoms with van der Waals surface area (Å²) in [5, 5.41) is 9.98. The van der Waals surface area contributed by atoms with Gasteiger partial charge in [-0.3, -0.25) is 9.78 Å². The summed E-state index contributed by atoms with van der Waals surface area (Å²) in [4.78, 5) is 16.6. The Morgan fingerprint density at radius 2 is 2.05 bits per heavy atom. The molecule has 0 bridgehead atoms. The maximum absolute atomic E-state index is 12.2. The number of aryl methyl sites for hydroxylation is 1. The van der Waals surface area contributed by atoms with Crippen molar-refractivity contribution >= 4 is 10.9 Å². The minimum atomic E-state index is -0.265. The lowest BCUT2D eigenvalue weighted by molar-refractivity contribution is 0.759. The molecule has 102 valence electrons. The number of fused-ring (bicyclic) bond motifs is 1. The van der Waals surface area contributed by atoms with E-state index in [2.05, 4.69) is 4.98 Å². The fourth-order valence-electron chi connectivity index (χ4n) is 2.46. The van der Waals surface area contributed by atoms with Crippen LogP contribution in [0.4, 0.5) is 0 Å². The van der Waals surface area contributed by atoms with Gasteiger partial charge in [-0.25, -0.2) is 0 Å². The molecule has 0 atom stereocenters. The molecule has 0 aliphatic rings. The number of nitrogens with zero attached hydrogens (tertiary/aromatic N) is 3. The van der Waals surface area contributed by atoms with Crippen molar-refractivity contribution < 1.29 is 0 Å². The quantitative estimate of drug-likeness (QED) is 0.722. The molecule has 0 saturated heterocycles. The fourth-order valence-corrected chi connectivity index (χ4v) is 2.46. The molecule has 0 fully saturated rings. The van der Waals surface area contributed by atoms with E-state index in [-0.39, 0.29) is 11.1 Å². The number of nitriles is 1. The maximum Gasteiger partial charge on any atom is 0.268 e. The molecule has 2 heterocycles. The van der Waals surface area contributed by atoms with Crippen LogP contribution in [0, 0.1) is 18.3 Å². The highest BCUT2D eigenvalue weighted by atomic mass is 16.1. The first-order chi connectivity index (χ1) is 10.2. The highest BCUT2D eigenvalue weighted by molar-refractivity contribution is 5.82. The monoisotopic (exact) mass is 275 g/mol. The van der Waals surface area contributed by atoms with Gasteiger partial charge in [-0.1, -0.05) is 18.2 Å². The Balaban J connectivity index is 2.15. The molecule has 0 unspecified atom stereocenters. The minimum absolute atomic E-state index is 0.160. The first-order valence-corrected chi connectivity index (χ1v) is 6.64. The highest BCUT2D eigenvalue weighted by Crippen LogP contribution is 2.18. The molecule has 0 radical (unpaired) electrons. The molecule has 3 rings (SSSR count). The molecule has 4 nitrogen and oxygen atoms in total. The van der Waals surface area contributed by atoms with E-state index < -0.39 is 0 Å². The van der Waals surface area contributed by atoms with Crippen molar-refractivity contribution in [1.29, 1.82) is 5.26 Å². The molecule has 0 saturated carbocycles. The smallest absolute Gasteiger partial charge is 0.268 e. The molecule has 0 aliphatic heterocycles. The van der Waals surface area contributed by atoms with Gasteiger partial charge in [0.1, 0.15) is 11.6 Å². The SMILES string of the molecule is Cc1cc(Cn2cccc(C#N)c2=O)c2ccccc2n1. The molecule has 1 aromatic carbocycles. The van der Waals surface area contributed by atoms with Crippen molar-refractivity contribution in [1.82, 2.24) is 9.55 Å². The molecule has 3 aromatic rings. The van der Waals surface area contributed by atoms with Crippen molar-refractivity contribution in [3.63, 3.8) is 0 Å². The predicted molar refractivity (Wildman–Crippen MR) is 81.0 cm³/mol. The summed E-state index contributed by atoms with van der Waals surface area (Å²) < 4.78 is 1.56. The Bertz CT molecular complexity index is 919. The topological polar surface area (TPSA) is 58.7 Å². The molecule has 4 heteroatoms. The van der Waals surface area contributed by atoms with Gasteiger partial charge in [0.15, 0.2) is 0 Å². The Hall–Kier alpha value is -2.93. The number of hydrogen-bond donors (Lipinski definition) is 0. The van der Waals surface area contributed by atoms with Gasteiger partial charge in [-0.05, 0) is 36.8 Å². The summed E-state index contributed by atoms with van der Waals surface area (Å²) in [5.41, 5.74) is 2.74. The molecule has 0 aliphatic carbocycles.